The minimum Gasteiger partial charge on any atom is -0.333 e. The van der Waals surface area contributed by atoms with Crippen LogP contribution in [0.15, 0.2) is 29.2 Å². The summed E-state index contributed by atoms with van der Waals surface area (Å²) in [5, 5.41) is 2.42. The molecule has 0 bridgehead atoms. The molecular weight excluding hydrogens is 352 g/mol. The third kappa shape index (κ3) is 4.44. The third-order valence-electron chi connectivity index (χ3n) is 5.19. The van der Waals surface area contributed by atoms with Gasteiger partial charge in [0.15, 0.2) is 9.84 Å². The maximum absolute atomic E-state index is 12.7. The molecule has 1 aromatic rings. The number of nitrogens with one attached hydrogen (secondary N) is 1. The maximum Gasteiger partial charge on any atom is 0.243 e. The van der Waals surface area contributed by atoms with Gasteiger partial charge in [0.25, 0.3) is 0 Å². The molecular formula is C19H26N2O4S. The predicted octanol–water partition coefficient (Wildman–Crippen LogP) is 2.74. The highest BCUT2D eigenvalue weighted by atomic mass is 32.2. The molecule has 1 saturated carbocycles. The first kappa shape index (κ1) is 18.9. The summed E-state index contributed by atoms with van der Waals surface area (Å²) in [7, 11) is -3.35. The lowest BCUT2D eigenvalue weighted by Crippen LogP contribution is -2.37. The van der Waals surface area contributed by atoms with Crippen molar-refractivity contribution >= 4 is 27.3 Å². The van der Waals surface area contributed by atoms with Crippen LogP contribution in [-0.2, 0) is 19.4 Å². The number of hydrogen-bond acceptors (Lipinski definition) is 4. The normalized spacial score (nSPS) is 19.4. The fraction of sp³-hybridized carbons (Fsp3) is 0.579. The highest BCUT2D eigenvalue weighted by Gasteiger charge is 2.30. The van der Waals surface area contributed by atoms with Crippen LogP contribution in [0.2, 0.25) is 0 Å². The molecule has 1 saturated heterocycles. The SMILES string of the molecule is O=C(CN1CCCCCC1=O)Nc1cccc(S(=O)(=O)C2CCCC2)c1. The van der Waals surface area contributed by atoms with Crippen LogP contribution in [0.3, 0.4) is 0 Å². The van der Waals surface area contributed by atoms with Crippen molar-refractivity contribution in [1.82, 2.24) is 4.90 Å². The van der Waals surface area contributed by atoms with Crippen LogP contribution in [0, 0.1) is 0 Å². The Labute approximate surface area is 154 Å². The molecule has 2 aliphatic rings. The van der Waals surface area contributed by atoms with Crippen LogP contribution >= 0.6 is 0 Å². The molecule has 0 spiro atoms. The van der Waals surface area contributed by atoms with Crippen molar-refractivity contribution in [2.24, 2.45) is 0 Å². The zero-order valence-electron chi connectivity index (χ0n) is 14.9. The summed E-state index contributed by atoms with van der Waals surface area (Å²) in [6.07, 6.45) is 6.58. The van der Waals surface area contributed by atoms with Gasteiger partial charge in [-0.2, -0.15) is 0 Å². The number of benzene rings is 1. The fourth-order valence-electron chi connectivity index (χ4n) is 3.72. The number of amides is 2. The Bertz CT molecular complexity index is 769. The lowest BCUT2D eigenvalue weighted by molar-refractivity contribution is -0.134. The van der Waals surface area contributed by atoms with Crippen LogP contribution in [0.5, 0.6) is 0 Å². The molecule has 2 fully saturated rings. The summed E-state index contributed by atoms with van der Waals surface area (Å²) in [4.78, 5) is 26.1. The number of sulfone groups is 1. The van der Waals surface area contributed by atoms with Gasteiger partial charge in [-0.3, -0.25) is 9.59 Å². The van der Waals surface area contributed by atoms with Gasteiger partial charge < -0.3 is 10.2 Å². The monoisotopic (exact) mass is 378 g/mol. The lowest BCUT2D eigenvalue weighted by atomic mass is 10.2. The molecule has 7 heteroatoms. The van der Waals surface area contributed by atoms with E-state index in [1.165, 1.54) is 6.07 Å². The number of carbonyl (C=O) groups is 2. The van der Waals surface area contributed by atoms with Gasteiger partial charge in [0.1, 0.15) is 0 Å². The third-order valence-corrected chi connectivity index (χ3v) is 7.45. The Hall–Kier alpha value is -1.89. The average molecular weight is 378 g/mol. The zero-order valence-corrected chi connectivity index (χ0v) is 15.8. The first-order valence-electron chi connectivity index (χ1n) is 9.38. The summed E-state index contributed by atoms with van der Waals surface area (Å²) < 4.78 is 25.4. The first-order chi connectivity index (χ1) is 12.5. The highest BCUT2D eigenvalue weighted by molar-refractivity contribution is 7.92. The van der Waals surface area contributed by atoms with E-state index >= 15 is 0 Å². The molecule has 2 amide bonds. The van der Waals surface area contributed by atoms with E-state index in [-0.39, 0.29) is 28.5 Å². The number of rotatable bonds is 5. The van der Waals surface area contributed by atoms with Crippen molar-refractivity contribution in [3.8, 4) is 0 Å². The van der Waals surface area contributed by atoms with Crippen LogP contribution in [0.25, 0.3) is 0 Å². The van der Waals surface area contributed by atoms with Crippen LogP contribution in [0.4, 0.5) is 5.69 Å². The van der Waals surface area contributed by atoms with Gasteiger partial charge >= 0.3 is 0 Å². The second-order valence-electron chi connectivity index (χ2n) is 7.15. The molecule has 0 atom stereocenters. The molecule has 26 heavy (non-hydrogen) atoms. The largest absolute Gasteiger partial charge is 0.333 e. The predicted molar refractivity (Wildman–Crippen MR) is 99.6 cm³/mol. The number of carbonyl (C=O) groups excluding carboxylic acids is 2. The molecule has 1 heterocycles. The van der Waals surface area contributed by atoms with E-state index in [4.69, 9.17) is 0 Å². The van der Waals surface area contributed by atoms with E-state index < -0.39 is 9.84 Å². The molecule has 1 aliphatic heterocycles. The lowest BCUT2D eigenvalue weighted by Gasteiger charge is -2.20. The molecule has 1 aliphatic carbocycles. The molecule has 3 rings (SSSR count). The quantitative estimate of drug-likeness (QED) is 0.854. The van der Waals surface area contributed by atoms with Crippen molar-refractivity contribution in [3.05, 3.63) is 24.3 Å². The Morgan fingerprint density at radius 1 is 1.12 bits per heavy atom. The van der Waals surface area contributed by atoms with Gasteiger partial charge in [0.05, 0.1) is 16.7 Å². The van der Waals surface area contributed by atoms with Crippen molar-refractivity contribution in [3.63, 3.8) is 0 Å². The minimum absolute atomic E-state index is 0.00946. The smallest absolute Gasteiger partial charge is 0.243 e. The molecule has 1 N–H and O–H groups in total. The van der Waals surface area contributed by atoms with Crippen molar-refractivity contribution in [2.75, 3.05) is 18.4 Å². The van der Waals surface area contributed by atoms with Crippen LogP contribution in [0.1, 0.15) is 51.4 Å². The summed E-state index contributed by atoms with van der Waals surface area (Å²) in [6, 6.07) is 6.43. The molecule has 1 aromatic carbocycles. The van der Waals surface area contributed by atoms with Crippen molar-refractivity contribution < 1.29 is 18.0 Å². The minimum atomic E-state index is -3.35. The van der Waals surface area contributed by atoms with E-state index in [9.17, 15) is 18.0 Å². The van der Waals surface area contributed by atoms with E-state index in [0.29, 0.717) is 31.5 Å². The molecule has 0 radical (unpaired) electrons. The van der Waals surface area contributed by atoms with E-state index in [1.807, 2.05) is 0 Å². The number of likely N-dealkylation sites (tertiary alicyclic amines) is 1. The number of nitrogens with zero attached hydrogens (tertiary/aromatic N) is 1. The Balaban J connectivity index is 1.66. The Morgan fingerprint density at radius 2 is 1.88 bits per heavy atom. The van der Waals surface area contributed by atoms with E-state index in [2.05, 4.69) is 5.32 Å². The standard InChI is InChI=1S/C19H26N2O4S/c22-18(14-21-12-5-1-2-11-19(21)23)20-15-7-6-10-17(13-15)26(24,25)16-8-3-4-9-16/h6-7,10,13,16H,1-5,8-9,11-12,14H2,(H,20,22). The van der Waals surface area contributed by atoms with Crippen molar-refractivity contribution in [2.45, 2.75) is 61.5 Å². The highest BCUT2D eigenvalue weighted by Crippen LogP contribution is 2.30. The second-order valence-corrected chi connectivity index (χ2v) is 9.38. The van der Waals surface area contributed by atoms with Gasteiger partial charge in [0, 0.05) is 18.7 Å². The van der Waals surface area contributed by atoms with Gasteiger partial charge in [-0.1, -0.05) is 25.3 Å². The van der Waals surface area contributed by atoms with Crippen molar-refractivity contribution in [1.29, 1.82) is 0 Å². The molecule has 142 valence electrons. The molecule has 0 unspecified atom stereocenters. The maximum atomic E-state index is 12.7. The first-order valence-corrected chi connectivity index (χ1v) is 10.9. The number of hydrogen-bond donors (Lipinski definition) is 1. The summed E-state index contributed by atoms with van der Waals surface area (Å²) >= 11 is 0. The number of anilines is 1. The van der Waals surface area contributed by atoms with Crippen LogP contribution in [-0.4, -0.2) is 43.5 Å². The summed E-state index contributed by atoms with van der Waals surface area (Å²) in [5.74, 6) is -0.286. The van der Waals surface area contributed by atoms with Gasteiger partial charge in [0.2, 0.25) is 11.8 Å². The zero-order chi connectivity index (χ0) is 18.6. The van der Waals surface area contributed by atoms with Crippen LogP contribution < -0.4 is 5.32 Å². The van der Waals surface area contributed by atoms with Gasteiger partial charge in [-0.15, -0.1) is 0 Å². The molecule has 0 aromatic heterocycles. The fourth-order valence-corrected chi connectivity index (χ4v) is 5.62. The average Bonchev–Trinajstić information content (AvgIpc) is 3.09. The van der Waals surface area contributed by atoms with E-state index in [1.54, 1.807) is 23.1 Å². The van der Waals surface area contributed by atoms with E-state index in [0.717, 1.165) is 32.1 Å². The van der Waals surface area contributed by atoms with Gasteiger partial charge in [-0.25, -0.2) is 8.42 Å². The second kappa shape index (κ2) is 8.20. The Morgan fingerprint density at radius 3 is 2.65 bits per heavy atom. The Kier molecular flexibility index (Phi) is 5.96. The molecule has 6 nitrogen and oxygen atoms in total. The van der Waals surface area contributed by atoms with Gasteiger partial charge in [-0.05, 0) is 43.9 Å². The summed E-state index contributed by atoms with van der Waals surface area (Å²) in [5.41, 5.74) is 0.455. The topological polar surface area (TPSA) is 83.6 Å². The summed E-state index contributed by atoms with van der Waals surface area (Å²) in [6.45, 7) is 0.612.